The zero-order valence-electron chi connectivity index (χ0n) is 15.5. The zero-order chi connectivity index (χ0) is 18.2. The lowest BCUT2D eigenvalue weighted by Crippen LogP contribution is -2.39. The Balaban J connectivity index is 1.76. The van der Waals surface area contributed by atoms with E-state index in [1.165, 1.54) is 11.8 Å². The molecule has 0 spiro atoms. The Morgan fingerprint density at radius 1 is 1.24 bits per heavy atom. The second-order valence-corrected chi connectivity index (χ2v) is 6.20. The predicted molar refractivity (Wildman–Crippen MR) is 103 cm³/mol. The molecular formula is C19H28FN5. The monoisotopic (exact) mass is 345 g/mol. The first-order valence-electron chi connectivity index (χ1n) is 8.50. The van der Waals surface area contributed by atoms with Crippen LogP contribution in [0.15, 0.2) is 47.6 Å². The molecule has 1 aromatic heterocycles. The number of nitrogens with zero attached hydrogens (tertiary/aromatic N) is 4. The maximum atomic E-state index is 13.3. The van der Waals surface area contributed by atoms with Gasteiger partial charge in [-0.05, 0) is 36.8 Å². The van der Waals surface area contributed by atoms with E-state index in [2.05, 4.69) is 30.7 Å². The minimum atomic E-state index is -0.204. The van der Waals surface area contributed by atoms with Gasteiger partial charge in [-0.15, -0.1) is 0 Å². The van der Waals surface area contributed by atoms with Crippen LogP contribution in [0.3, 0.4) is 0 Å². The third kappa shape index (κ3) is 5.52. The third-order valence-electron chi connectivity index (χ3n) is 4.23. The number of halogens is 1. The van der Waals surface area contributed by atoms with Crippen LogP contribution in [0, 0.1) is 5.82 Å². The van der Waals surface area contributed by atoms with Crippen LogP contribution in [0.4, 0.5) is 10.1 Å². The number of hydrogen-bond acceptors (Lipinski definition) is 2. The predicted octanol–water partition coefficient (Wildman–Crippen LogP) is 2.70. The molecule has 6 heteroatoms. The Bertz CT molecular complexity index is 695. The lowest BCUT2D eigenvalue weighted by atomic mass is 10.2. The molecule has 0 aliphatic carbocycles. The van der Waals surface area contributed by atoms with Gasteiger partial charge < -0.3 is 19.7 Å². The van der Waals surface area contributed by atoms with E-state index in [1.807, 2.05) is 39.5 Å². The molecule has 0 saturated carbocycles. The van der Waals surface area contributed by atoms with Gasteiger partial charge in [0, 0.05) is 58.9 Å². The number of hydrogen-bond donors (Lipinski definition) is 1. The molecule has 25 heavy (non-hydrogen) atoms. The van der Waals surface area contributed by atoms with Crippen molar-refractivity contribution in [3.05, 3.63) is 54.1 Å². The van der Waals surface area contributed by atoms with Crippen LogP contribution in [0.25, 0.3) is 0 Å². The molecule has 136 valence electrons. The largest absolute Gasteiger partial charge is 0.374 e. The zero-order valence-corrected chi connectivity index (χ0v) is 15.5. The first-order valence-corrected chi connectivity index (χ1v) is 8.50. The molecule has 0 aliphatic rings. The Hall–Kier alpha value is -2.50. The smallest absolute Gasteiger partial charge is 0.193 e. The third-order valence-corrected chi connectivity index (χ3v) is 4.23. The topological polar surface area (TPSA) is 35.8 Å². The lowest BCUT2D eigenvalue weighted by molar-refractivity contribution is 0.461. The van der Waals surface area contributed by atoms with Crippen molar-refractivity contribution in [3.8, 4) is 0 Å². The van der Waals surface area contributed by atoms with Gasteiger partial charge in [0.2, 0.25) is 0 Å². The van der Waals surface area contributed by atoms with E-state index in [4.69, 9.17) is 0 Å². The van der Waals surface area contributed by atoms with Crippen LogP contribution in [-0.2, 0) is 13.6 Å². The second kappa shape index (κ2) is 9.11. The van der Waals surface area contributed by atoms with Gasteiger partial charge in [-0.2, -0.15) is 0 Å². The van der Waals surface area contributed by atoms with E-state index in [1.54, 1.807) is 19.2 Å². The normalized spacial score (nSPS) is 11.5. The van der Waals surface area contributed by atoms with Crippen LogP contribution < -0.4 is 10.2 Å². The summed E-state index contributed by atoms with van der Waals surface area (Å²) < 4.78 is 15.4. The Morgan fingerprint density at radius 2 is 2.04 bits per heavy atom. The number of aromatic nitrogens is 1. The fraction of sp³-hybridized carbons (Fsp3) is 0.421. The second-order valence-electron chi connectivity index (χ2n) is 6.20. The summed E-state index contributed by atoms with van der Waals surface area (Å²) in [6.07, 6.45) is 2.98. The van der Waals surface area contributed by atoms with E-state index in [0.717, 1.165) is 37.7 Å². The van der Waals surface area contributed by atoms with Crippen molar-refractivity contribution in [2.75, 3.05) is 39.1 Å². The van der Waals surface area contributed by atoms with Gasteiger partial charge in [0.05, 0.1) is 6.54 Å². The molecule has 5 nitrogen and oxygen atoms in total. The van der Waals surface area contributed by atoms with Gasteiger partial charge in [0.15, 0.2) is 5.96 Å². The standard InChI is InChI=1S/C19H28FN5/c1-21-19(25(4)15-18-10-6-12-24(18)3)22-11-7-13-23(2)17-9-5-8-16(20)14-17/h5-6,8-10,12,14H,7,11,13,15H2,1-4H3,(H,21,22). The summed E-state index contributed by atoms with van der Waals surface area (Å²) in [4.78, 5) is 8.50. The Labute approximate surface area is 149 Å². The van der Waals surface area contributed by atoms with E-state index in [9.17, 15) is 4.39 Å². The number of aryl methyl sites for hydroxylation is 1. The van der Waals surface area contributed by atoms with E-state index < -0.39 is 0 Å². The molecule has 0 aliphatic heterocycles. The number of anilines is 1. The molecule has 0 unspecified atom stereocenters. The lowest BCUT2D eigenvalue weighted by Gasteiger charge is -2.23. The van der Waals surface area contributed by atoms with Crippen LogP contribution in [0.5, 0.6) is 0 Å². The number of nitrogens with one attached hydrogen (secondary N) is 1. The van der Waals surface area contributed by atoms with Crippen LogP contribution in [-0.4, -0.2) is 49.7 Å². The summed E-state index contributed by atoms with van der Waals surface area (Å²) >= 11 is 0. The minimum absolute atomic E-state index is 0.204. The van der Waals surface area contributed by atoms with Crippen molar-refractivity contribution in [3.63, 3.8) is 0 Å². The molecule has 0 saturated heterocycles. The molecule has 0 radical (unpaired) electrons. The van der Waals surface area contributed by atoms with Gasteiger partial charge in [-0.3, -0.25) is 4.99 Å². The maximum absolute atomic E-state index is 13.3. The summed E-state index contributed by atoms with van der Waals surface area (Å²) in [5, 5.41) is 3.39. The summed E-state index contributed by atoms with van der Waals surface area (Å²) in [5.74, 6) is 0.666. The Morgan fingerprint density at radius 3 is 2.68 bits per heavy atom. The quantitative estimate of drug-likeness (QED) is 0.476. The molecule has 0 fully saturated rings. The number of rotatable bonds is 7. The summed E-state index contributed by atoms with van der Waals surface area (Å²) in [6, 6.07) is 10.8. The summed E-state index contributed by atoms with van der Waals surface area (Å²) in [7, 11) is 7.84. The molecule has 2 rings (SSSR count). The van der Waals surface area contributed by atoms with Gasteiger partial charge in [-0.25, -0.2) is 4.39 Å². The molecule has 0 bridgehead atoms. The van der Waals surface area contributed by atoms with Crippen molar-refractivity contribution in [1.29, 1.82) is 0 Å². The van der Waals surface area contributed by atoms with Crippen LogP contribution in [0.1, 0.15) is 12.1 Å². The molecular weight excluding hydrogens is 317 g/mol. The number of benzene rings is 1. The summed E-state index contributed by atoms with van der Waals surface area (Å²) in [6.45, 7) is 2.45. The SMILES string of the molecule is CN=C(NCCCN(C)c1cccc(F)c1)N(C)Cc1cccn1C. The Kier molecular flexibility index (Phi) is 6.86. The molecule has 1 N–H and O–H groups in total. The first kappa shape index (κ1) is 18.8. The maximum Gasteiger partial charge on any atom is 0.193 e. The molecule has 1 aromatic carbocycles. The first-order chi connectivity index (χ1) is 12.0. The van der Waals surface area contributed by atoms with E-state index >= 15 is 0 Å². The van der Waals surface area contributed by atoms with Crippen molar-refractivity contribution in [1.82, 2.24) is 14.8 Å². The number of guanidine groups is 1. The highest BCUT2D eigenvalue weighted by Gasteiger charge is 2.08. The average Bonchev–Trinajstić information content (AvgIpc) is 2.99. The van der Waals surface area contributed by atoms with Crippen LogP contribution >= 0.6 is 0 Å². The summed E-state index contributed by atoms with van der Waals surface area (Å²) in [5.41, 5.74) is 2.13. The molecule has 0 amide bonds. The van der Waals surface area contributed by atoms with Crippen molar-refractivity contribution in [2.24, 2.45) is 12.0 Å². The fourth-order valence-electron chi connectivity index (χ4n) is 2.72. The average molecular weight is 345 g/mol. The highest BCUT2D eigenvalue weighted by atomic mass is 19.1. The van der Waals surface area contributed by atoms with E-state index in [-0.39, 0.29) is 5.82 Å². The van der Waals surface area contributed by atoms with E-state index in [0.29, 0.717) is 0 Å². The van der Waals surface area contributed by atoms with Crippen molar-refractivity contribution < 1.29 is 4.39 Å². The van der Waals surface area contributed by atoms with Crippen molar-refractivity contribution in [2.45, 2.75) is 13.0 Å². The van der Waals surface area contributed by atoms with Gasteiger partial charge in [0.25, 0.3) is 0 Å². The van der Waals surface area contributed by atoms with Gasteiger partial charge >= 0.3 is 0 Å². The molecule has 2 aromatic rings. The number of aliphatic imine (C=N–C) groups is 1. The molecule has 0 atom stereocenters. The van der Waals surface area contributed by atoms with Crippen molar-refractivity contribution >= 4 is 11.6 Å². The minimum Gasteiger partial charge on any atom is -0.374 e. The highest BCUT2D eigenvalue weighted by Crippen LogP contribution is 2.13. The molecule has 1 heterocycles. The van der Waals surface area contributed by atoms with Gasteiger partial charge in [0.1, 0.15) is 5.82 Å². The van der Waals surface area contributed by atoms with Crippen LogP contribution in [0.2, 0.25) is 0 Å². The fourth-order valence-corrected chi connectivity index (χ4v) is 2.72. The van der Waals surface area contributed by atoms with Gasteiger partial charge in [-0.1, -0.05) is 6.07 Å². The highest BCUT2D eigenvalue weighted by molar-refractivity contribution is 5.79.